The van der Waals surface area contributed by atoms with E-state index in [9.17, 15) is 8.42 Å². The minimum absolute atomic E-state index is 0.243. The van der Waals surface area contributed by atoms with E-state index in [-0.39, 0.29) is 12.1 Å². The van der Waals surface area contributed by atoms with Gasteiger partial charge in [-0.25, -0.2) is 8.42 Å². The molecule has 0 saturated carbocycles. The third-order valence-electron chi connectivity index (χ3n) is 4.18. The molecule has 2 atom stereocenters. The SMILES string of the molecule is CNCCc1ccc(S(=O)(=O)N2CC(C)N(C)C(C)C2)s1. The summed E-state index contributed by atoms with van der Waals surface area (Å²) in [5, 5.41) is 3.09. The molecule has 0 bridgehead atoms. The van der Waals surface area contributed by atoms with Gasteiger partial charge in [0.15, 0.2) is 0 Å². The van der Waals surface area contributed by atoms with Crippen molar-refractivity contribution in [2.24, 2.45) is 0 Å². The summed E-state index contributed by atoms with van der Waals surface area (Å²) in [5.41, 5.74) is 0. The van der Waals surface area contributed by atoms with Gasteiger partial charge in [0.2, 0.25) is 0 Å². The summed E-state index contributed by atoms with van der Waals surface area (Å²) in [7, 11) is 0.606. The van der Waals surface area contributed by atoms with Gasteiger partial charge in [-0.1, -0.05) is 0 Å². The van der Waals surface area contributed by atoms with Gasteiger partial charge in [-0.2, -0.15) is 4.31 Å². The van der Waals surface area contributed by atoms with Gasteiger partial charge in [0.1, 0.15) is 4.21 Å². The number of likely N-dealkylation sites (N-methyl/N-ethyl adjacent to an activating group) is 2. The molecule has 0 radical (unpaired) electrons. The molecule has 7 heteroatoms. The third kappa shape index (κ3) is 3.65. The number of nitrogens with one attached hydrogen (secondary N) is 1. The Morgan fingerprint density at radius 2 is 1.90 bits per heavy atom. The van der Waals surface area contributed by atoms with Crippen molar-refractivity contribution in [3.63, 3.8) is 0 Å². The third-order valence-corrected chi connectivity index (χ3v) is 7.62. The molecule has 2 rings (SSSR count). The van der Waals surface area contributed by atoms with Crippen LogP contribution in [0, 0.1) is 0 Å². The average Bonchev–Trinajstić information content (AvgIpc) is 2.91. The minimum atomic E-state index is -3.35. The van der Waals surface area contributed by atoms with E-state index in [1.165, 1.54) is 11.3 Å². The van der Waals surface area contributed by atoms with Gasteiger partial charge >= 0.3 is 0 Å². The molecule has 0 amide bonds. The maximum Gasteiger partial charge on any atom is 0.252 e. The van der Waals surface area contributed by atoms with Crippen molar-refractivity contribution < 1.29 is 8.42 Å². The van der Waals surface area contributed by atoms with Crippen LogP contribution in [-0.2, 0) is 16.4 Å². The Labute approximate surface area is 132 Å². The quantitative estimate of drug-likeness (QED) is 0.881. The van der Waals surface area contributed by atoms with Crippen molar-refractivity contribution >= 4 is 21.4 Å². The zero-order valence-corrected chi connectivity index (χ0v) is 14.8. The second-order valence-corrected chi connectivity index (χ2v) is 9.09. The fourth-order valence-corrected chi connectivity index (χ4v) is 5.67. The van der Waals surface area contributed by atoms with E-state index in [1.807, 2.05) is 13.1 Å². The minimum Gasteiger partial charge on any atom is -0.319 e. The van der Waals surface area contributed by atoms with Crippen molar-refractivity contribution in [1.82, 2.24) is 14.5 Å². The Kier molecular flexibility index (Phi) is 5.43. The summed E-state index contributed by atoms with van der Waals surface area (Å²) >= 11 is 1.39. The first kappa shape index (κ1) is 16.9. The second-order valence-electron chi connectivity index (χ2n) is 5.76. The van der Waals surface area contributed by atoms with Crippen LogP contribution in [0.25, 0.3) is 0 Å². The van der Waals surface area contributed by atoms with Crippen LogP contribution in [-0.4, -0.2) is 63.4 Å². The standard InChI is InChI=1S/C14H25N3O2S2/c1-11-9-17(10-12(2)16(11)4)21(18,19)14-6-5-13(20-14)7-8-15-3/h5-6,11-12,15H,7-10H2,1-4H3. The summed E-state index contributed by atoms with van der Waals surface area (Å²) in [4.78, 5) is 3.34. The van der Waals surface area contributed by atoms with E-state index in [0.29, 0.717) is 17.3 Å². The number of sulfonamides is 1. The number of nitrogens with zero attached hydrogens (tertiary/aromatic N) is 2. The highest BCUT2D eigenvalue weighted by Crippen LogP contribution is 2.27. The van der Waals surface area contributed by atoms with Crippen LogP contribution in [0.1, 0.15) is 18.7 Å². The Hall–Kier alpha value is -0.470. The number of piperazine rings is 1. The average molecular weight is 332 g/mol. The number of thiophene rings is 1. The molecule has 1 N–H and O–H groups in total. The zero-order valence-electron chi connectivity index (χ0n) is 13.2. The first-order chi connectivity index (χ1) is 9.86. The summed E-state index contributed by atoms with van der Waals surface area (Å²) in [5.74, 6) is 0. The van der Waals surface area contributed by atoms with Crippen LogP contribution < -0.4 is 5.32 Å². The van der Waals surface area contributed by atoms with Gasteiger partial charge in [0.25, 0.3) is 10.0 Å². The smallest absolute Gasteiger partial charge is 0.252 e. The lowest BCUT2D eigenvalue weighted by atomic mass is 10.1. The molecular formula is C14H25N3O2S2. The predicted octanol–water partition coefficient (Wildman–Crippen LogP) is 1.22. The maximum absolute atomic E-state index is 12.8. The highest BCUT2D eigenvalue weighted by molar-refractivity contribution is 7.91. The highest BCUT2D eigenvalue weighted by Gasteiger charge is 2.35. The lowest BCUT2D eigenvalue weighted by molar-refractivity contribution is 0.105. The maximum atomic E-state index is 12.8. The molecule has 21 heavy (non-hydrogen) atoms. The van der Waals surface area contributed by atoms with Crippen molar-refractivity contribution in [2.75, 3.05) is 33.7 Å². The first-order valence-corrected chi connectivity index (χ1v) is 9.57. The van der Waals surface area contributed by atoms with Gasteiger partial charge in [0.05, 0.1) is 0 Å². The molecule has 1 fully saturated rings. The van der Waals surface area contributed by atoms with Crippen LogP contribution in [0.2, 0.25) is 0 Å². The number of rotatable bonds is 5. The summed E-state index contributed by atoms with van der Waals surface area (Å²) in [6.45, 7) is 6.14. The molecule has 2 heterocycles. The van der Waals surface area contributed by atoms with Crippen LogP contribution in [0.3, 0.4) is 0 Å². The Morgan fingerprint density at radius 3 is 2.48 bits per heavy atom. The highest BCUT2D eigenvalue weighted by atomic mass is 32.2. The molecule has 0 spiro atoms. The van der Waals surface area contributed by atoms with Gasteiger partial charge in [-0.05, 0) is 53.0 Å². The van der Waals surface area contributed by atoms with E-state index in [2.05, 4.69) is 31.1 Å². The largest absolute Gasteiger partial charge is 0.319 e. The molecular weight excluding hydrogens is 306 g/mol. The molecule has 0 aromatic carbocycles. The van der Waals surface area contributed by atoms with E-state index in [4.69, 9.17) is 0 Å². The zero-order chi connectivity index (χ0) is 15.6. The molecule has 5 nitrogen and oxygen atoms in total. The summed E-state index contributed by atoms with van der Waals surface area (Å²) < 4.78 is 27.7. The lowest BCUT2D eigenvalue weighted by Gasteiger charge is -2.41. The van der Waals surface area contributed by atoms with Crippen molar-refractivity contribution in [2.45, 2.75) is 36.6 Å². The van der Waals surface area contributed by atoms with Gasteiger partial charge in [0, 0.05) is 30.1 Å². The second kappa shape index (κ2) is 6.75. The predicted molar refractivity (Wildman–Crippen MR) is 87.4 cm³/mol. The molecule has 2 unspecified atom stereocenters. The topological polar surface area (TPSA) is 52.7 Å². The van der Waals surface area contributed by atoms with Crippen molar-refractivity contribution in [3.05, 3.63) is 17.0 Å². The van der Waals surface area contributed by atoms with Crippen LogP contribution in [0.4, 0.5) is 0 Å². The number of hydrogen-bond acceptors (Lipinski definition) is 5. The summed E-state index contributed by atoms with van der Waals surface area (Å²) in [6, 6.07) is 4.16. The first-order valence-electron chi connectivity index (χ1n) is 7.31. The van der Waals surface area contributed by atoms with Crippen LogP contribution in [0.15, 0.2) is 16.3 Å². The normalized spacial score (nSPS) is 25.3. The van der Waals surface area contributed by atoms with Gasteiger partial charge in [-0.3, -0.25) is 4.90 Å². The Balaban J connectivity index is 2.16. The van der Waals surface area contributed by atoms with E-state index in [1.54, 1.807) is 10.4 Å². The van der Waals surface area contributed by atoms with Gasteiger partial charge < -0.3 is 5.32 Å². The van der Waals surface area contributed by atoms with Crippen LogP contribution >= 0.6 is 11.3 Å². The molecule has 120 valence electrons. The Bertz CT molecular complexity index is 559. The van der Waals surface area contributed by atoms with E-state index < -0.39 is 10.0 Å². The monoisotopic (exact) mass is 331 g/mol. The molecule has 1 aromatic heterocycles. The molecule has 0 aliphatic carbocycles. The van der Waals surface area contributed by atoms with E-state index in [0.717, 1.165) is 17.8 Å². The van der Waals surface area contributed by atoms with Crippen molar-refractivity contribution in [1.29, 1.82) is 0 Å². The fraction of sp³-hybridized carbons (Fsp3) is 0.714. The number of hydrogen-bond donors (Lipinski definition) is 1. The fourth-order valence-electron chi connectivity index (χ4n) is 2.56. The lowest BCUT2D eigenvalue weighted by Crippen LogP contribution is -2.56. The van der Waals surface area contributed by atoms with Crippen LogP contribution in [0.5, 0.6) is 0 Å². The molecule has 1 aromatic rings. The molecule has 1 saturated heterocycles. The summed E-state index contributed by atoms with van der Waals surface area (Å²) in [6.07, 6.45) is 0.867. The molecule has 1 aliphatic rings. The van der Waals surface area contributed by atoms with Crippen molar-refractivity contribution in [3.8, 4) is 0 Å². The van der Waals surface area contributed by atoms with Gasteiger partial charge in [-0.15, -0.1) is 11.3 Å². The Morgan fingerprint density at radius 1 is 1.29 bits per heavy atom. The van der Waals surface area contributed by atoms with E-state index >= 15 is 0 Å². The molecule has 1 aliphatic heterocycles.